The monoisotopic (exact) mass is 349 g/mol. The second kappa shape index (κ2) is 7.99. The number of amides is 1. The number of benzene rings is 1. The van der Waals surface area contributed by atoms with Crippen LogP contribution in [0.1, 0.15) is 0 Å². The number of aromatic nitrogens is 2. The molecule has 0 saturated carbocycles. The third-order valence-corrected chi connectivity index (χ3v) is 4.18. The van der Waals surface area contributed by atoms with Crippen molar-refractivity contribution in [2.24, 2.45) is 0 Å². The summed E-state index contributed by atoms with van der Waals surface area (Å²) in [6, 6.07) is 4.94. The van der Waals surface area contributed by atoms with Crippen LogP contribution in [0.5, 0.6) is 0 Å². The minimum absolute atomic E-state index is 0.152. The van der Waals surface area contributed by atoms with Crippen molar-refractivity contribution in [3.05, 3.63) is 58.9 Å². The SMILES string of the molecule is C=CCNC(=O)CSc1nc2cc(Cl)ccc2c(=O)n1CC=C. The Kier molecular flexibility index (Phi) is 6.01. The predicted octanol–water partition coefficient (Wildman–Crippen LogP) is 2.63. The summed E-state index contributed by atoms with van der Waals surface area (Å²) in [6.07, 6.45) is 3.22. The molecule has 0 aliphatic rings. The normalized spacial score (nSPS) is 10.5. The van der Waals surface area contributed by atoms with Gasteiger partial charge in [0.2, 0.25) is 5.91 Å². The molecule has 0 spiro atoms. The molecule has 120 valence electrons. The van der Waals surface area contributed by atoms with Gasteiger partial charge in [0, 0.05) is 18.1 Å². The van der Waals surface area contributed by atoms with Crippen LogP contribution >= 0.6 is 23.4 Å². The Balaban J connectivity index is 2.38. The summed E-state index contributed by atoms with van der Waals surface area (Å²) in [5.74, 6) is 0.00392. The van der Waals surface area contributed by atoms with Crippen LogP contribution in [-0.2, 0) is 11.3 Å². The summed E-state index contributed by atoms with van der Waals surface area (Å²) < 4.78 is 1.49. The van der Waals surface area contributed by atoms with Gasteiger partial charge in [-0.05, 0) is 18.2 Å². The second-order valence-electron chi connectivity index (χ2n) is 4.64. The molecule has 0 saturated heterocycles. The lowest BCUT2D eigenvalue weighted by Gasteiger charge is -2.11. The summed E-state index contributed by atoms with van der Waals surface area (Å²) in [4.78, 5) is 28.7. The van der Waals surface area contributed by atoms with Crippen molar-refractivity contribution in [1.29, 1.82) is 0 Å². The molecule has 1 heterocycles. The van der Waals surface area contributed by atoms with E-state index in [9.17, 15) is 9.59 Å². The minimum atomic E-state index is -0.180. The Morgan fingerprint density at radius 1 is 1.39 bits per heavy atom. The zero-order valence-electron chi connectivity index (χ0n) is 12.4. The number of allylic oxidation sites excluding steroid dienone is 1. The van der Waals surface area contributed by atoms with Crippen molar-refractivity contribution in [1.82, 2.24) is 14.9 Å². The number of carbonyl (C=O) groups excluding carboxylic acids is 1. The van der Waals surface area contributed by atoms with Gasteiger partial charge in [-0.25, -0.2) is 4.98 Å². The maximum Gasteiger partial charge on any atom is 0.262 e. The van der Waals surface area contributed by atoms with Gasteiger partial charge in [0.25, 0.3) is 5.56 Å². The molecule has 1 amide bonds. The number of hydrogen-bond donors (Lipinski definition) is 1. The van der Waals surface area contributed by atoms with Crippen molar-refractivity contribution >= 4 is 40.2 Å². The van der Waals surface area contributed by atoms with Gasteiger partial charge < -0.3 is 5.32 Å². The van der Waals surface area contributed by atoms with Crippen LogP contribution in [-0.4, -0.2) is 27.8 Å². The Morgan fingerprint density at radius 2 is 2.17 bits per heavy atom. The van der Waals surface area contributed by atoms with Gasteiger partial charge in [-0.15, -0.1) is 13.2 Å². The van der Waals surface area contributed by atoms with E-state index in [1.54, 1.807) is 30.4 Å². The van der Waals surface area contributed by atoms with Crippen LogP contribution in [0.3, 0.4) is 0 Å². The maximum absolute atomic E-state index is 12.6. The summed E-state index contributed by atoms with van der Waals surface area (Å²) in [7, 11) is 0. The standard InChI is InChI=1S/C16H16ClN3O2S/c1-3-7-18-14(21)10-23-16-19-13-9-11(17)5-6-12(13)15(22)20(16)8-4-2/h3-6,9H,1-2,7-8,10H2,(H,18,21). The number of fused-ring (bicyclic) bond motifs is 1. The van der Waals surface area contributed by atoms with Gasteiger partial charge in [0.1, 0.15) is 0 Å². The average molecular weight is 350 g/mol. The highest BCUT2D eigenvalue weighted by Crippen LogP contribution is 2.20. The molecular formula is C16H16ClN3O2S. The molecule has 1 N–H and O–H groups in total. The first-order valence-corrected chi connectivity index (χ1v) is 8.24. The third kappa shape index (κ3) is 4.24. The molecular weight excluding hydrogens is 334 g/mol. The van der Waals surface area contributed by atoms with Gasteiger partial charge in [0.15, 0.2) is 5.16 Å². The van der Waals surface area contributed by atoms with E-state index in [1.165, 1.54) is 16.3 Å². The van der Waals surface area contributed by atoms with Gasteiger partial charge >= 0.3 is 0 Å². The molecule has 1 aromatic heterocycles. The van der Waals surface area contributed by atoms with Crippen LogP contribution in [0, 0.1) is 0 Å². The minimum Gasteiger partial charge on any atom is -0.352 e. The van der Waals surface area contributed by atoms with Gasteiger partial charge in [-0.3, -0.25) is 14.2 Å². The van der Waals surface area contributed by atoms with E-state index in [0.29, 0.717) is 34.2 Å². The topological polar surface area (TPSA) is 64.0 Å². The third-order valence-electron chi connectivity index (χ3n) is 2.97. The van der Waals surface area contributed by atoms with E-state index in [1.807, 2.05) is 0 Å². The Hall–Kier alpha value is -2.05. The molecule has 0 aliphatic carbocycles. The Morgan fingerprint density at radius 3 is 2.87 bits per heavy atom. The van der Waals surface area contributed by atoms with Crippen molar-refractivity contribution in [2.75, 3.05) is 12.3 Å². The second-order valence-corrected chi connectivity index (χ2v) is 6.02. The summed E-state index contributed by atoms with van der Waals surface area (Å²) >= 11 is 7.16. The fourth-order valence-electron chi connectivity index (χ4n) is 1.94. The quantitative estimate of drug-likeness (QED) is 0.474. The van der Waals surface area contributed by atoms with Crippen molar-refractivity contribution in [2.45, 2.75) is 11.7 Å². The first-order valence-electron chi connectivity index (χ1n) is 6.88. The lowest BCUT2D eigenvalue weighted by Crippen LogP contribution is -2.27. The molecule has 0 atom stereocenters. The molecule has 7 heteroatoms. The highest BCUT2D eigenvalue weighted by Gasteiger charge is 2.12. The lowest BCUT2D eigenvalue weighted by atomic mass is 10.2. The van der Waals surface area contributed by atoms with Gasteiger partial charge in [-0.2, -0.15) is 0 Å². The van der Waals surface area contributed by atoms with E-state index < -0.39 is 0 Å². The van der Waals surface area contributed by atoms with Crippen LogP contribution in [0.25, 0.3) is 10.9 Å². The van der Waals surface area contributed by atoms with Gasteiger partial charge in [0.05, 0.1) is 16.7 Å². The smallest absolute Gasteiger partial charge is 0.262 e. The van der Waals surface area contributed by atoms with E-state index in [-0.39, 0.29) is 17.2 Å². The molecule has 5 nitrogen and oxygen atoms in total. The number of thioether (sulfide) groups is 1. The zero-order chi connectivity index (χ0) is 16.8. The van der Waals surface area contributed by atoms with E-state index in [0.717, 1.165) is 0 Å². The van der Waals surface area contributed by atoms with E-state index >= 15 is 0 Å². The van der Waals surface area contributed by atoms with Gasteiger partial charge in [-0.1, -0.05) is 35.5 Å². The van der Waals surface area contributed by atoms with E-state index in [2.05, 4.69) is 23.5 Å². The van der Waals surface area contributed by atoms with Crippen molar-refractivity contribution < 1.29 is 4.79 Å². The number of nitrogens with one attached hydrogen (secondary N) is 1. The molecule has 2 rings (SSSR count). The van der Waals surface area contributed by atoms with Crippen LogP contribution in [0.2, 0.25) is 5.02 Å². The molecule has 23 heavy (non-hydrogen) atoms. The summed E-state index contributed by atoms with van der Waals surface area (Å²) in [6.45, 7) is 7.92. The number of nitrogens with zero attached hydrogens (tertiary/aromatic N) is 2. The van der Waals surface area contributed by atoms with E-state index in [4.69, 9.17) is 11.6 Å². The average Bonchev–Trinajstić information content (AvgIpc) is 2.53. The van der Waals surface area contributed by atoms with Crippen LogP contribution in [0.4, 0.5) is 0 Å². The lowest BCUT2D eigenvalue weighted by molar-refractivity contribution is -0.118. The highest BCUT2D eigenvalue weighted by molar-refractivity contribution is 7.99. The fourth-order valence-corrected chi connectivity index (χ4v) is 2.95. The molecule has 0 unspecified atom stereocenters. The molecule has 0 bridgehead atoms. The number of halogens is 1. The van der Waals surface area contributed by atoms with Crippen LogP contribution < -0.4 is 10.9 Å². The fraction of sp³-hybridized carbons (Fsp3) is 0.188. The number of carbonyl (C=O) groups is 1. The Labute approximate surface area is 143 Å². The highest BCUT2D eigenvalue weighted by atomic mass is 35.5. The molecule has 0 radical (unpaired) electrons. The first kappa shape index (κ1) is 17.3. The Bertz CT molecular complexity index is 817. The predicted molar refractivity (Wildman–Crippen MR) is 95.1 cm³/mol. The summed E-state index contributed by atoms with van der Waals surface area (Å²) in [5.41, 5.74) is 0.331. The summed E-state index contributed by atoms with van der Waals surface area (Å²) in [5, 5.41) is 4.13. The zero-order valence-corrected chi connectivity index (χ0v) is 14.0. The van der Waals surface area contributed by atoms with Crippen LogP contribution in [0.15, 0.2) is 53.5 Å². The van der Waals surface area contributed by atoms with Crippen molar-refractivity contribution in [3.63, 3.8) is 0 Å². The molecule has 0 fully saturated rings. The van der Waals surface area contributed by atoms with Crippen molar-refractivity contribution in [3.8, 4) is 0 Å². The number of rotatable bonds is 7. The first-order chi connectivity index (χ1) is 11.1. The molecule has 2 aromatic rings. The number of hydrogen-bond acceptors (Lipinski definition) is 4. The maximum atomic E-state index is 12.6. The molecule has 1 aromatic carbocycles. The molecule has 0 aliphatic heterocycles. The largest absolute Gasteiger partial charge is 0.352 e.